The van der Waals surface area contributed by atoms with Crippen molar-refractivity contribution in [1.82, 2.24) is 9.97 Å². The van der Waals surface area contributed by atoms with Crippen LogP contribution in [0.2, 0.25) is 0 Å². The Morgan fingerprint density at radius 2 is 1.38 bits per heavy atom. The highest BCUT2D eigenvalue weighted by molar-refractivity contribution is 7.91. The lowest BCUT2D eigenvalue weighted by Crippen LogP contribution is -2.02. The van der Waals surface area contributed by atoms with Gasteiger partial charge in [-0.15, -0.1) is 0 Å². The zero-order valence-corrected chi connectivity index (χ0v) is 12.6. The van der Waals surface area contributed by atoms with Crippen molar-refractivity contribution in [3.63, 3.8) is 0 Å². The van der Waals surface area contributed by atoms with Gasteiger partial charge in [0, 0.05) is 0 Å². The molecule has 0 aliphatic heterocycles. The molecule has 0 N–H and O–H groups in total. The van der Waals surface area contributed by atoms with Gasteiger partial charge in [-0.3, -0.25) is 0 Å². The lowest BCUT2D eigenvalue weighted by atomic mass is 10.2. The fraction of sp³-hybridized carbons (Fsp3) is 0.125. The number of aryl methyl sites for hydroxylation is 2. The standard InChI is InChI=1S/C16H14N2O2S/c1-11-12(2)18-16-10-14(8-9-15(16)17-11)21(19,20)13-6-4-3-5-7-13/h3-10H,1-2H3. The van der Waals surface area contributed by atoms with E-state index in [0.717, 1.165) is 11.4 Å². The van der Waals surface area contributed by atoms with E-state index >= 15 is 0 Å². The van der Waals surface area contributed by atoms with Gasteiger partial charge in [-0.1, -0.05) is 18.2 Å². The van der Waals surface area contributed by atoms with Gasteiger partial charge in [0.2, 0.25) is 9.84 Å². The molecule has 0 unspecified atom stereocenters. The Hall–Kier alpha value is -2.27. The number of aromatic nitrogens is 2. The van der Waals surface area contributed by atoms with Crippen molar-refractivity contribution >= 4 is 20.9 Å². The van der Waals surface area contributed by atoms with E-state index < -0.39 is 9.84 Å². The van der Waals surface area contributed by atoms with Gasteiger partial charge in [0.15, 0.2) is 0 Å². The number of nitrogens with zero attached hydrogens (tertiary/aromatic N) is 2. The van der Waals surface area contributed by atoms with Crippen LogP contribution in [0.5, 0.6) is 0 Å². The smallest absolute Gasteiger partial charge is 0.206 e. The summed E-state index contributed by atoms with van der Waals surface area (Å²) in [6, 6.07) is 13.2. The fourth-order valence-electron chi connectivity index (χ4n) is 2.11. The number of benzene rings is 2. The van der Waals surface area contributed by atoms with Crippen LogP contribution in [0.4, 0.5) is 0 Å². The molecule has 0 bridgehead atoms. The van der Waals surface area contributed by atoms with Crippen molar-refractivity contribution in [2.75, 3.05) is 0 Å². The fourth-order valence-corrected chi connectivity index (χ4v) is 3.41. The first-order valence-corrected chi connectivity index (χ1v) is 8.02. The maximum atomic E-state index is 12.6. The predicted molar refractivity (Wildman–Crippen MR) is 80.9 cm³/mol. The largest absolute Gasteiger partial charge is 0.250 e. The van der Waals surface area contributed by atoms with Gasteiger partial charge in [-0.05, 0) is 44.2 Å². The van der Waals surface area contributed by atoms with Gasteiger partial charge in [0.25, 0.3) is 0 Å². The van der Waals surface area contributed by atoms with Crippen molar-refractivity contribution in [2.24, 2.45) is 0 Å². The third kappa shape index (κ3) is 2.40. The summed E-state index contributed by atoms with van der Waals surface area (Å²) in [4.78, 5) is 9.34. The predicted octanol–water partition coefficient (Wildman–Crippen LogP) is 3.08. The molecule has 5 heteroatoms. The van der Waals surface area contributed by atoms with Crippen LogP contribution in [0.1, 0.15) is 11.4 Å². The Morgan fingerprint density at radius 3 is 2.05 bits per heavy atom. The zero-order chi connectivity index (χ0) is 15.0. The molecule has 0 amide bonds. The van der Waals surface area contributed by atoms with E-state index in [9.17, 15) is 8.42 Å². The summed E-state index contributed by atoms with van der Waals surface area (Å²) in [7, 11) is -3.52. The lowest BCUT2D eigenvalue weighted by molar-refractivity contribution is 0.596. The molecule has 2 aromatic carbocycles. The van der Waals surface area contributed by atoms with Gasteiger partial charge < -0.3 is 0 Å². The minimum atomic E-state index is -3.52. The first kappa shape index (κ1) is 13.7. The summed E-state index contributed by atoms with van der Waals surface area (Å²) in [5.74, 6) is 0. The summed E-state index contributed by atoms with van der Waals surface area (Å²) in [6.45, 7) is 3.75. The number of hydrogen-bond acceptors (Lipinski definition) is 4. The van der Waals surface area contributed by atoms with Crippen LogP contribution in [-0.4, -0.2) is 18.4 Å². The van der Waals surface area contributed by atoms with Crippen LogP contribution in [0, 0.1) is 13.8 Å². The molecule has 1 aromatic heterocycles. The number of sulfone groups is 1. The first-order chi connectivity index (χ1) is 9.98. The van der Waals surface area contributed by atoms with Crippen LogP contribution in [0.3, 0.4) is 0 Å². The molecule has 3 aromatic rings. The van der Waals surface area contributed by atoms with Crippen LogP contribution >= 0.6 is 0 Å². The summed E-state index contributed by atoms with van der Waals surface area (Å²) in [5.41, 5.74) is 2.94. The van der Waals surface area contributed by atoms with Crippen LogP contribution in [-0.2, 0) is 9.84 Å². The van der Waals surface area contributed by atoms with Crippen molar-refractivity contribution < 1.29 is 8.42 Å². The number of hydrogen-bond donors (Lipinski definition) is 0. The maximum absolute atomic E-state index is 12.6. The van der Waals surface area contributed by atoms with E-state index in [2.05, 4.69) is 9.97 Å². The Morgan fingerprint density at radius 1 is 0.762 bits per heavy atom. The third-order valence-corrected chi connectivity index (χ3v) is 5.18. The number of fused-ring (bicyclic) bond motifs is 1. The Labute approximate surface area is 123 Å². The Bertz CT molecular complexity index is 920. The molecule has 0 saturated heterocycles. The quantitative estimate of drug-likeness (QED) is 0.729. The molecule has 0 fully saturated rings. The summed E-state index contributed by atoms with van der Waals surface area (Å²) in [6.07, 6.45) is 0. The second-order valence-electron chi connectivity index (χ2n) is 4.86. The van der Waals surface area contributed by atoms with E-state index in [1.54, 1.807) is 48.5 Å². The highest BCUT2D eigenvalue weighted by atomic mass is 32.2. The summed E-state index contributed by atoms with van der Waals surface area (Å²) >= 11 is 0. The van der Waals surface area contributed by atoms with Crippen LogP contribution < -0.4 is 0 Å². The molecular formula is C16H14N2O2S. The highest BCUT2D eigenvalue weighted by Crippen LogP contribution is 2.23. The molecular weight excluding hydrogens is 284 g/mol. The Balaban J connectivity index is 2.20. The molecule has 106 valence electrons. The average Bonchev–Trinajstić information content (AvgIpc) is 2.49. The van der Waals surface area contributed by atoms with Crippen LogP contribution in [0.25, 0.3) is 11.0 Å². The lowest BCUT2D eigenvalue weighted by Gasteiger charge is -2.07. The van der Waals surface area contributed by atoms with Gasteiger partial charge in [0.05, 0.1) is 32.2 Å². The second-order valence-corrected chi connectivity index (χ2v) is 6.81. The molecule has 0 aliphatic carbocycles. The maximum Gasteiger partial charge on any atom is 0.206 e. The molecule has 4 nitrogen and oxygen atoms in total. The van der Waals surface area contributed by atoms with Gasteiger partial charge >= 0.3 is 0 Å². The molecule has 0 aliphatic rings. The molecule has 0 saturated carbocycles. The van der Waals surface area contributed by atoms with E-state index in [1.807, 2.05) is 13.8 Å². The molecule has 3 rings (SSSR count). The van der Waals surface area contributed by atoms with E-state index in [0.29, 0.717) is 11.0 Å². The monoisotopic (exact) mass is 298 g/mol. The minimum Gasteiger partial charge on any atom is -0.250 e. The zero-order valence-electron chi connectivity index (χ0n) is 11.7. The van der Waals surface area contributed by atoms with E-state index in [1.165, 1.54) is 0 Å². The Kier molecular flexibility index (Phi) is 3.22. The van der Waals surface area contributed by atoms with Crippen LogP contribution in [0.15, 0.2) is 58.3 Å². The van der Waals surface area contributed by atoms with Crippen molar-refractivity contribution in [3.05, 3.63) is 59.9 Å². The topological polar surface area (TPSA) is 59.9 Å². The minimum absolute atomic E-state index is 0.235. The van der Waals surface area contributed by atoms with Crippen molar-refractivity contribution in [2.45, 2.75) is 23.6 Å². The molecule has 0 atom stereocenters. The summed E-state index contributed by atoms with van der Waals surface area (Å²) in [5, 5.41) is 0. The molecule has 0 spiro atoms. The van der Waals surface area contributed by atoms with Gasteiger partial charge in [-0.2, -0.15) is 0 Å². The summed E-state index contributed by atoms with van der Waals surface area (Å²) < 4.78 is 25.2. The van der Waals surface area contributed by atoms with Crippen molar-refractivity contribution in [3.8, 4) is 0 Å². The number of rotatable bonds is 2. The van der Waals surface area contributed by atoms with Gasteiger partial charge in [-0.25, -0.2) is 18.4 Å². The second kappa shape index (κ2) is 4.93. The third-order valence-electron chi connectivity index (χ3n) is 3.41. The SMILES string of the molecule is Cc1nc2ccc(S(=O)(=O)c3ccccc3)cc2nc1C. The van der Waals surface area contributed by atoms with Gasteiger partial charge in [0.1, 0.15) is 0 Å². The highest BCUT2D eigenvalue weighted by Gasteiger charge is 2.18. The first-order valence-electron chi connectivity index (χ1n) is 6.53. The van der Waals surface area contributed by atoms with E-state index in [-0.39, 0.29) is 9.79 Å². The molecule has 1 heterocycles. The normalized spacial score (nSPS) is 11.7. The van der Waals surface area contributed by atoms with E-state index in [4.69, 9.17) is 0 Å². The molecule has 21 heavy (non-hydrogen) atoms. The average molecular weight is 298 g/mol. The molecule has 0 radical (unpaired) electrons. The van der Waals surface area contributed by atoms with Crippen molar-refractivity contribution in [1.29, 1.82) is 0 Å².